The Kier molecular flexibility index (Phi) is 4.94. The molecule has 1 N–H and O–H groups in total. The maximum atomic E-state index is 13.3. The Labute approximate surface area is 145 Å². The minimum absolute atomic E-state index is 0.0108. The average Bonchev–Trinajstić information content (AvgIpc) is 2.55. The van der Waals surface area contributed by atoms with Crippen molar-refractivity contribution in [2.45, 2.75) is 45.0 Å². The van der Waals surface area contributed by atoms with Crippen molar-refractivity contribution >= 4 is 11.9 Å². The fourth-order valence-electron chi connectivity index (χ4n) is 3.34. The second-order valence-electron chi connectivity index (χ2n) is 6.84. The zero-order valence-corrected chi connectivity index (χ0v) is 14.2. The molecule has 1 aromatic carbocycles. The summed E-state index contributed by atoms with van der Waals surface area (Å²) in [7, 11) is 0. The van der Waals surface area contributed by atoms with Crippen molar-refractivity contribution in [1.82, 2.24) is 4.90 Å². The Hall–Kier alpha value is -2.15. The van der Waals surface area contributed by atoms with E-state index in [0.29, 0.717) is 37.2 Å². The summed E-state index contributed by atoms with van der Waals surface area (Å²) in [6.45, 7) is 3.04. The minimum atomic E-state index is -0.892. The van der Waals surface area contributed by atoms with Crippen LogP contribution in [0.5, 0.6) is 5.75 Å². The van der Waals surface area contributed by atoms with Crippen molar-refractivity contribution in [1.29, 1.82) is 0 Å². The number of hydrogen-bond donors (Lipinski definition) is 1. The van der Waals surface area contributed by atoms with Gasteiger partial charge in [0.15, 0.2) is 0 Å². The summed E-state index contributed by atoms with van der Waals surface area (Å²) < 4.78 is 25.1. The third-order valence-electron chi connectivity index (χ3n) is 4.73. The summed E-state index contributed by atoms with van der Waals surface area (Å²) in [4.78, 5) is 24.7. The quantitative estimate of drug-likeness (QED) is 0.902. The predicted octanol–water partition coefficient (Wildman–Crippen LogP) is 2.55. The second-order valence-corrected chi connectivity index (χ2v) is 6.84. The Morgan fingerprint density at radius 2 is 2.04 bits per heavy atom. The van der Waals surface area contributed by atoms with E-state index in [9.17, 15) is 14.0 Å². The molecule has 7 heteroatoms. The van der Waals surface area contributed by atoms with E-state index < -0.39 is 11.8 Å². The average molecular weight is 351 g/mol. The fraction of sp³-hybridized carbons (Fsp3) is 0.556. The summed E-state index contributed by atoms with van der Waals surface area (Å²) in [5, 5.41) is 8.79. The van der Waals surface area contributed by atoms with E-state index in [4.69, 9.17) is 14.6 Å². The molecular formula is C18H22FNO5. The number of carboxylic acid groups (broad SMARTS) is 1. The monoisotopic (exact) mass is 351 g/mol. The summed E-state index contributed by atoms with van der Waals surface area (Å²) in [6.07, 6.45) is 1.28. The first-order chi connectivity index (χ1) is 11.9. The third kappa shape index (κ3) is 4.10. The molecule has 6 nitrogen and oxygen atoms in total. The van der Waals surface area contributed by atoms with Crippen LogP contribution in [0.2, 0.25) is 0 Å². The first-order valence-corrected chi connectivity index (χ1v) is 8.48. The molecule has 0 bridgehead atoms. The van der Waals surface area contributed by atoms with Gasteiger partial charge in [-0.3, -0.25) is 9.59 Å². The van der Waals surface area contributed by atoms with Crippen LogP contribution in [-0.2, 0) is 20.9 Å². The molecule has 2 heterocycles. The molecule has 136 valence electrons. The molecule has 1 fully saturated rings. The van der Waals surface area contributed by atoms with Crippen molar-refractivity contribution < 1.29 is 28.6 Å². The zero-order chi connectivity index (χ0) is 18.0. The number of likely N-dealkylation sites (tertiary alicyclic amines) is 1. The van der Waals surface area contributed by atoms with Gasteiger partial charge in [0.05, 0.1) is 6.61 Å². The predicted molar refractivity (Wildman–Crippen MR) is 86.4 cm³/mol. The van der Waals surface area contributed by atoms with Gasteiger partial charge in [-0.25, -0.2) is 4.39 Å². The number of aliphatic carboxylic acids is 1. The first-order valence-electron chi connectivity index (χ1n) is 8.48. The summed E-state index contributed by atoms with van der Waals surface area (Å²) >= 11 is 0. The topological polar surface area (TPSA) is 76.1 Å². The lowest BCUT2D eigenvalue weighted by atomic mass is 9.99. The number of nitrogens with zero attached hydrogens (tertiary/aromatic N) is 1. The van der Waals surface area contributed by atoms with Gasteiger partial charge in [-0.1, -0.05) is 6.92 Å². The molecule has 0 aromatic heterocycles. The normalized spacial score (nSPS) is 19.8. The molecule has 0 saturated carbocycles. The zero-order valence-electron chi connectivity index (χ0n) is 14.2. The number of carbonyl (C=O) groups excluding carboxylic acids is 1. The number of amides is 1. The van der Waals surface area contributed by atoms with Crippen LogP contribution >= 0.6 is 0 Å². The SMILES string of the molecule is CC(CC(=O)O)CC(=O)N1CCC2(CC1)OCc1cc(F)ccc1O2. The minimum Gasteiger partial charge on any atom is -0.481 e. The van der Waals surface area contributed by atoms with Gasteiger partial charge in [0.25, 0.3) is 0 Å². The van der Waals surface area contributed by atoms with Gasteiger partial charge in [-0.15, -0.1) is 0 Å². The van der Waals surface area contributed by atoms with Gasteiger partial charge in [0.2, 0.25) is 11.7 Å². The van der Waals surface area contributed by atoms with Crippen LogP contribution in [-0.4, -0.2) is 40.8 Å². The van der Waals surface area contributed by atoms with E-state index in [1.54, 1.807) is 17.9 Å². The van der Waals surface area contributed by atoms with Crippen LogP contribution in [0.1, 0.15) is 38.2 Å². The number of fused-ring (bicyclic) bond motifs is 1. The molecule has 3 rings (SSSR count). The van der Waals surface area contributed by atoms with Crippen LogP contribution in [0.15, 0.2) is 18.2 Å². The van der Waals surface area contributed by atoms with Crippen molar-refractivity contribution in [3.8, 4) is 5.75 Å². The molecule has 0 radical (unpaired) electrons. The summed E-state index contributed by atoms with van der Waals surface area (Å²) in [5.41, 5.74) is 0.687. The molecule has 1 amide bonds. The molecule has 1 atom stereocenters. The maximum Gasteiger partial charge on any atom is 0.303 e. The first kappa shape index (κ1) is 17.7. The molecule has 1 unspecified atom stereocenters. The molecule has 25 heavy (non-hydrogen) atoms. The summed E-state index contributed by atoms with van der Waals surface area (Å²) in [5.74, 6) is -1.59. The van der Waals surface area contributed by atoms with Crippen LogP contribution in [0.25, 0.3) is 0 Å². The lowest BCUT2D eigenvalue weighted by Gasteiger charge is -2.44. The lowest BCUT2D eigenvalue weighted by molar-refractivity contribution is -0.227. The van der Waals surface area contributed by atoms with Crippen LogP contribution in [0.4, 0.5) is 4.39 Å². The highest BCUT2D eigenvalue weighted by atomic mass is 19.1. The van der Waals surface area contributed by atoms with Gasteiger partial charge in [0, 0.05) is 44.3 Å². The van der Waals surface area contributed by atoms with E-state index in [1.807, 2.05) is 0 Å². The molecule has 1 aromatic rings. The van der Waals surface area contributed by atoms with Crippen molar-refractivity contribution in [2.75, 3.05) is 13.1 Å². The Balaban J connectivity index is 1.56. The van der Waals surface area contributed by atoms with Crippen LogP contribution in [0.3, 0.4) is 0 Å². The van der Waals surface area contributed by atoms with Gasteiger partial charge in [-0.05, 0) is 24.1 Å². The van der Waals surface area contributed by atoms with E-state index >= 15 is 0 Å². The lowest BCUT2D eigenvalue weighted by Crippen LogP contribution is -2.52. The maximum absolute atomic E-state index is 13.3. The number of ether oxygens (including phenoxy) is 2. The van der Waals surface area contributed by atoms with Gasteiger partial charge < -0.3 is 19.5 Å². The highest BCUT2D eigenvalue weighted by molar-refractivity contribution is 5.77. The number of carboxylic acids is 1. The molecule has 2 aliphatic heterocycles. The number of halogens is 1. The largest absolute Gasteiger partial charge is 0.481 e. The fourth-order valence-corrected chi connectivity index (χ4v) is 3.34. The molecule has 1 spiro atoms. The van der Waals surface area contributed by atoms with Crippen molar-refractivity contribution in [3.05, 3.63) is 29.6 Å². The van der Waals surface area contributed by atoms with E-state index in [-0.39, 0.29) is 37.1 Å². The molecule has 1 saturated heterocycles. The number of piperidine rings is 1. The number of benzene rings is 1. The van der Waals surface area contributed by atoms with Crippen molar-refractivity contribution in [3.63, 3.8) is 0 Å². The molecule has 2 aliphatic rings. The Morgan fingerprint density at radius 1 is 1.32 bits per heavy atom. The Morgan fingerprint density at radius 3 is 2.72 bits per heavy atom. The van der Waals surface area contributed by atoms with Gasteiger partial charge >= 0.3 is 5.97 Å². The van der Waals surface area contributed by atoms with E-state index in [0.717, 1.165) is 0 Å². The highest BCUT2D eigenvalue weighted by Crippen LogP contribution is 2.37. The molecule has 0 aliphatic carbocycles. The number of carbonyl (C=O) groups is 2. The highest BCUT2D eigenvalue weighted by Gasteiger charge is 2.42. The number of rotatable bonds is 4. The smallest absolute Gasteiger partial charge is 0.303 e. The van der Waals surface area contributed by atoms with E-state index in [1.165, 1.54) is 12.1 Å². The standard InChI is InChI=1S/C18H22FNO5/c1-12(9-17(22)23)8-16(21)20-6-4-18(5-7-20)24-11-13-10-14(19)2-3-15(13)25-18/h2-3,10,12H,4-9,11H2,1H3,(H,22,23). The Bertz CT molecular complexity index is 669. The van der Waals surface area contributed by atoms with Gasteiger partial charge in [0.1, 0.15) is 11.6 Å². The summed E-state index contributed by atoms with van der Waals surface area (Å²) in [6, 6.07) is 4.38. The number of hydrogen-bond acceptors (Lipinski definition) is 4. The van der Waals surface area contributed by atoms with Gasteiger partial charge in [-0.2, -0.15) is 0 Å². The third-order valence-corrected chi connectivity index (χ3v) is 4.73. The van der Waals surface area contributed by atoms with E-state index in [2.05, 4.69) is 0 Å². The van der Waals surface area contributed by atoms with Crippen LogP contribution in [0, 0.1) is 11.7 Å². The van der Waals surface area contributed by atoms with Crippen LogP contribution < -0.4 is 4.74 Å². The second kappa shape index (κ2) is 7.00. The molecular weight excluding hydrogens is 329 g/mol. The van der Waals surface area contributed by atoms with Crippen molar-refractivity contribution in [2.24, 2.45) is 5.92 Å².